The van der Waals surface area contributed by atoms with Gasteiger partial charge in [0.25, 0.3) is 5.91 Å². The van der Waals surface area contributed by atoms with Crippen molar-refractivity contribution in [3.63, 3.8) is 0 Å². The van der Waals surface area contributed by atoms with Gasteiger partial charge in [0.2, 0.25) is 12.7 Å². The van der Waals surface area contributed by atoms with Crippen LogP contribution >= 0.6 is 11.3 Å². The summed E-state index contributed by atoms with van der Waals surface area (Å²) in [5, 5.41) is 1.98. The van der Waals surface area contributed by atoms with Crippen LogP contribution < -0.4 is 18.9 Å². The Morgan fingerprint density at radius 3 is 2.50 bits per heavy atom. The molecule has 9 heteroatoms. The van der Waals surface area contributed by atoms with Crippen molar-refractivity contribution < 1.29 is 28.5 Å². The lowest BCUT2D eigenvalue weighted by atomic mass is 10.1. The standard InChI is InChI=1S/C27H30N2O6S/c1-18(2)29(27(31)22-9-8-20(32-3)13-24(22)33-4)16-26(30)28(15-21-6-5-11-36-21)14-19-7-10-23-25(12-19)35-17-34-23/h5-13,18H,14-17H2,1-4H3. The minimum absolute atomic E-state index is 0.0678. The number of thiophene rings is 1. The summed E-state index contributed by atoms with van der Waals surface area (Å²) < 4.78 is 21.6. The molecule has 190 valence electrons. The van der Waals surface area contributed by atoms with Crippen LogP contribution in [-0.4, -0.2) is 55.2 Å². The first kappa shape index (κ1) is 25.4. The predicted octanol–water partition coefficient (Wildman–Crippen LogP) is 4.57. The van der Waals surface area contributed by atoms with Gasteiger partial charge in [-0.1, -0.05) is 12.1 Å². The van der Waals surface area contributed by atoms with Gasteiger partial charge in [-0.05, 0) is 55.1 Å². The van der Waals surface area contributed by atoms with Crippen molar-refractivity contribution in [2.75, 3.05) is 27.6 Å². The van der Waals surface area contributed by atoms with Gasteiger partial charge >= 0.3 is 0 Å². The number of carbonyl (C=O) groups excluding carboxylic acids is 2. The maximum Gasteiger partial charge on any atom is 0.258 e. The van der Waals surface area contributed by atoms with Crippen LogP contribution in [0, 0.1) is 0 Å². The van der Waals surface area contributed by atoms with Crippen molar-refractivity contribution in [1.29, 1.82) is 0 Å². The van der Waals surface area contributed by atoms with Crippen LogP contribution in [-0.2, 0) is 17.9 Å². The van der Waals surface area contributed by atoms with E-state index < -0.39 is 0 Å². The molecule has 0 spiro atoms. The zero-order valence-corrected chi connectivity index (χ0v) is 21.7. The topological polar surface area (TPSA) is 77.5 Å². The fourth-order valence-electron chi connectivity index (χ4n) is 3.95. The van der Waals surface area contributed by atoms with Crippen LogP contribution in [0.25, 0.3) is 0 Å². The number of fused-ring (bicyclic) bond motifs is 1. The average molecular weight is 511 g/mol. The first-order chi connectivity index (χ1) is 17.4. The second-order valence-electron chi connectivity index (χ2n) is 8.61. The van der Waals surface area contributed by atoms with Crippen LogP contribution in [0.4, 0.5) is 0 Å². The van der Waals surface area contributed by atoms with Gasteiger partial charge in [0.1, 0.15) is 18.0 Å². The van der Waals surface area contributed by atoms with Gasteiger partial charge in [-0.3, -0.25) is 9.59 Å². The van der Waals surface area contributed by atoms with Gasteiger partial charge in [0.05, 0.1) is 26.3 Å². The highest BCUT2D eigenvalue weighted by Crippen LogP contribution is 2.33. The van der Waals surface area contributed by atoms with E-state index in [2.05, 4.69) is 0 Å². The summed E-state index contributed by atoms with van der Waals surface area (Å²) in [5.41, 5.74) is 1.30. The number of methoxy groups -OCH3 is 2. The molecule has 0 bridgehead atoms. The Kier molecular flexibility index (Phi) is 8.00. The molecule has 0 fully saturated rings. The molecule has 0 saturated heterocycles. The Bertz CT molecular complexity index is 1210. The highest BCUT2D eigenvalue weighted by atomic mass is 32.1. The molecule has 2 heterocycles. The molecule has 1 aromatic heterocycles. The van der Waals surface area contributed by atoms with E-state index >= 15 is 0 Å². The molecule has 0 N–H and O–H groups in total. The minimum Gasteiger partial charge on any atom is -0.497 e. The summed E-state index contributed by atoms with van der Waals surface area (Å²) in [6.07, 6.45) is 0. The van der Waals surface area contributed by atoms with E-state index in [4.69, 9.17) is 18.9 Å². The fraction of sp³-hybridized carbons (Fsp3) is 0.333. The van der Waals surface area contributed by atoms with Gasteiger partial charge in [0, 0.05) is 23.5 Å². The Hall–Kier alpha value is -3.72. The fourth-order valence-corrected chi connectivity index (χ4v) is 4.67. The molecule has 0 saturated carbocycles. The predicted molar refractivity (Wildman–Crippen MR) is 137 cm³/mol. The Morgan fingerprint density at radius 1 is 1.00 bits per heavy atom. The number of benzene rings is 2. The molecule has 3 aromatic rings. The zero-order chi connectivity index (χ0) is 25.7. The van der Waals surface area contributed by atoms with Crippen molar-refractivity contribution in [2.24, 2.45) is 0 Å². The highest BCUT2D eigenvalue weighted by Gasteiger charge is 2.27. The van der Waals surface area contributed by atoms with Crippen LogP contribution in [0.2, 0.25) is 0 Å². The Morgan fingerprint density at radius 2 is 1.81 bits per heavy atom. The third kappa shape index (κ3) is 5.73. The van der Waals surface area contributed by atoms with Crippen molar-refractivity contribution in [3.8, 4) is 23.0 Å². The van der Waals surface area contributed by atoms with E-state index in [-0.39, 0.29) is 31.2 Å². The first-order valence-electron chi connectivity index (χ1n) is 11.6. The summed E-state index contributed by atoms with van der Waals surface area (Å²) in [4.78, 5) is 31.6. The van der Waals surface area contributed by atoms with E-state index in [1.54, 1.807) is 46.4 Å². The van der Waals surface area contributed by atoms with E-state index in [0.717, 1.165) is 10.4 Å². The van der Waals surface area contributed by atoms with Gasteiger partial charge in [-0.2, -0.15) is 0 Å². The maximum absolute atomic E-state index is 13.6. The number of amides is 2. The van der Waals surface area contributed by atoms with E-state index in [0.29, 0.717) is 41.7 Å². The molecule has 2 aromatic carbocycles. The van der Waals surface area contributed by atoms with E-state index in [9.17, 15) is 9.59 Å². The van der Waals surface area contributed by atoms with Crippen LogP contribution in [0.1, 0.15) is 34.6 Å². The van der Waals surface area contributed by atoms with Crippen molar-refractivity contribution in [3.05, 3.63) is 69.9 Å². The highest BCUT2D eigenvalue weighted by molar-refractivity contribution is 7.09. The quantitative estimate of drug-likeness (QED) is 0.398. The Balaban J connectivity index is 1.56. The van der Waals surface area contributed by atoms with Crippen LogP contribution in [0.5, 0.6) is 23.0 Å². The van der Waals surface area contributed by atoms with E-state index in [1.165, 1.54) is 7.11 Å². The third-order valence-corrected chi connectivity index (χ3v) is 6.78. The number of nitrogens with zero attached hydrogens (tertiary/aromatic N) is 2. The maximum atomic E-state index is 13.6. The number of rotatable bonds is 10. The monoisotopic (exact) mass is 510 g/mol. The minimum atomic E-state index is -0.281. The lowest BCUT2D eigenvalue weighted by Gasteiger charge is -2.30. The van der Waals surface area contributed by atoms with Gasteiger partial charge in [-0.15, -0.1) is 11.3 Å². The Labute approximate surface area is 214 Å². The van der Waals surface area contributed by atoms with Gasteiger partial charge in [-0.25, -0.2) is 0 Å². The molecule has 0 radical (unpaired) electrons. The SMILES string of the molecule is COc1ccc(C(=O)N(CC(=O)N(Cc2ccc3c(c2)OCO3)Cc2cccs2)C(C)C)c(OC)c1. The summed E-state index contributed by atoms with van der Waals surface area (Å²) in [7, 11) is 3.06. The normalized spacial score (nSPS) is 11.9. The number of carbonyl (C=O) groups is 2. The molecule has 0 unspecified atom stereocenters. The molecule has 2 amide bonds. The van der Waals surface area contributed by atoms with Gasteiger partial charge < -0.3 is 28.7 Å². The molecule has 8 nitrogen and oxygen atoms in total. The zero-order valence-electron chi connectivity index (χ0n) is 20.9. The molecule has 1 aliphatic rings. The molecule has 0 aliphatic carbocycles. The number of ether oxygens (including phenoxy) is 4. The summed E-state index contributed by atoms with van der Waals surface area (Å²) in [6, 6.07) is 14.5. The first-order valence-corrected chi connectivity index (χ1v) is 12.5. The molecular weight excluding hydrogens is 480 g/mol. The number of hydrogen-bond donors (Lipinski definition) is 0. The van der Waals surface area contributed by atoms with Crippen molar-refractivity contribution in [2.45, 2.75) is 33.0 Å². The lowest BCUT2D eigenvalue weighted by Crippen LogP contribution is -2.45. The molecule has 36 heavy (non-hydrogen) atoms. The van der Waals surface area contributed by atoms with Gasteiger partial charge in [0.15, 0.2) is 11.5 Å². The average Bonchev–Trinajstić information content (AvgIpc) is 3.57. The second-order valence-corrected chi connectivity index (χ2v) is 9.64. The van der Waals surface area contributed by atoms with E-state index in [1.807, 2.05) is 49.6 Å². The molecule has 4 rings (SSSR count). The third-order valence-electron chi connectivity index (χ3n) is 5.92. The second kappa shape index (κ2) is 11.3. The number of hydrogen-bond acceptors (Lipinski definition) is 7. The lowest BCUT2D eigenvalue weighted by molar-refractivity contribution is -0.133. The molecule has 1 aliphatic heterocycles. The summed E-state index contributed by atoms with van der Waals surface area (Å²) in [6.45, 7) is 4.72. The largest absolute Gasteiger partial charge is 0.497 e. The molecular formula is C27H30N2O6S. The summed E-state index contributed by atoms with van der Waals surface area (Å²) >= 11 is 1.59. The molecule has 0 atom stereocenters. The van der Waals surface area contributed by atoms with Crippen LogP contribution in [0.15, 0.2) is 53.9 Å². The summed E-state index contributed by atoms with van der Waals surface area (Å²) in [5.74, 6) is 1.91. The van der Waals surface area contributed by atoms with Crippen molar-refractivity contribution in [1.82, 2.24) is 9.80 Å². The smallest absolute Gasteiger partial charge is 0.258 e. The van der Waals surface area contributed by atoms with Crippen LogP contribution in [0.3, 0.4) is 0 Å². The van der Waals surface area contributed by atoms with Crippen molar-refractivity contribution >= 4 is 23.2 Å².